The lowest BCUT2D eigenvalue weighted by Crippen LogP contribution is -2.48. The van der Waals surface area contributed by atoms with E-state index in [1.165, 1.54) is 21.3 Å². The number of nitrogens with one attached hydrogen (secondary N) is 1. The predicted molar refractivity (Wildman–Crippen MR) is 123 cm³/mol. The first-order valence-electron chi connectivity index (χ1n) is 10.8. The molecule has 2 aliphatic heterocycles. The van der Waals surface area contributed by atoms with Crippen LogP contribution >= 0.6 is 0 Å². The van der Waals surface area contributed by atoms with Crippen molar-refractivity contribution in [2.75, 3.05) is 36.5 Å². The highest BCUT2D eigenvalue weighted by atomic mass is 32.2. The lowest BCUT2D eigenvalue weighted by molar-refractivity contribution is -0.121. The minimum atomic E-state index is -3.67. The Balaban J connectivity index is 1.44. The van der Waals surface area contributed by atoms with Gasteiger partial charge in [0.2, 0.25) is 21.8 Å². The van der Waals surface area contributed by atoms with Crippen molar-refractivity contribution in [1.29, 1.82) is 0 Å². The maximum absolute atomic E-state index is 13.0. The zero-order valence-corrected chi connectivity index (χ0v) is 19.4. The minimum absolute atomic E-state index is 0.149. The lowest BCUT2D eigenvalue weighted by Gasteiger charge is -2.34. The first kappa shape index (κ1) is 23.2. The summed E-state index contributed by atoms with van der Waals surface area (Å²) < 4.78 is 38.6. The average Bonchev–Trinajstić information content (AvgIpc) is 2.92. The number of rotatable bonds is 5. The number of morpholine rings is 1. The number of anilines is 2. The molecule has 33 heavy (non-hydrogen) atoms. The van der Waals surface area contributed by atoms with Crippen molar-refractivity contribution in [3.05, 3.63) is 48.5 Å². The Bertz CT molecular complexity index is 1130. The summed E-state index contributed by atoms with van der Waals surface area (Å²) in [6.45, 7) is 4.35. The largest absolute Gasteiger partial charge is 0.491 e. The van der Waals surface area contributed by atoms with Gasteiger partial charge in [0.05, 0.1) is 35.8 Å². The molecular weight excluding hydrogens is 446 g/mol. The maximum atomic E-state index is 13.0. The molecule has 2 amide bonds. The van der Waals surface area contributed by atoms with E-state index in [9.17, 15) is 18.0 Å². The van der Waals surface area contributed by atoms with Gasteiger partial charge in [-0.25, -0.2) is 8.42 Å². The number of carbonyl (C=O) groups is 2. The standard InChI is InChI=1S/C23H27N3O6S/c1-16-13-25(14-17(2)32-16)33(29,30)19-9-7-18(8-10-19)24-22(27)15-26-20-5-3-4-6-21(20)31-12-11-23(26)28/h3-10,16-17H,11-15H2,1-2H3,(H,24,27)/t16-,17-/m0/s1. The van der Waals surface area contributed by atoms with Gasteiger partial charge in [-0.15, -0.1) is 0 Å². The van der Waals surface area contributed by atoms with E-state index in [2.05, 4.69) is 5.32 Å². The summed E-state index contributed by atoms with van der Waals surface area (Å²) in [7, 11) is -3.67. The zero-order valence-electron chi connectivity index (χ0n) is 18.6. The fourth-order valence-electron chi connectivity index (χ4n) is 4.02. The van der Waals surface area contributed by atoms with E-state index < -0.39 is 15.9 Å². The molecule has 176 valence electrons. The van der Waals surface area contributed by atoms with Crippen LogP contribution in [0.15, 0.2) is 53.4 Å². The number of hydrogen-bond acceptors (Lipinski definition) is 6. The number of nitrogens with zero attached hydrogens (tertiary/aromatic N) is 2. The van der Waals surface area contributed by atoms with Gasteiger partial charge in [-0.3, -0.25) is 14.5 Å². The van der Waals surface area contributed by atoms with Crippen molar-refractivity contribution in [2.45, 2.75) is 37.4 Å². The van der Waals surface area contributed by atoms with Gasteiger partial charge in [-0.1, -0.05) is 12.1 Å². The van der Waals surface area contributed by atoms with Crippen molar-refractivity contribution in [3.63, 3.8) is 0 Å². The number of benzene rings is 2. The van der Waals surface area contributed by atoms with Gasteiger partial charge in [0, 0.05) is 18.8 Å². The molecule has 10 heteroatoms. The van der Waals surface area contributed by atoms with E-state index in [0.717, 1.165) is 0 Å². The molecule has 0 unspecified atom stereocenters. The first-order valence-corrected chi connectivity index (χ1v) is 12.3. The molecule has 0 radical (unpaired) electrons. The van der Waals surface area contributed by atoms with Crippen molar-refractivity contribution in [3.8, 4) is 5.75 Å². The molecule has 0 spiro atoms. The van der Waals surface area contributed by atoms with Crippen LogP contribution < -0.4 is 15.0 Å². The molecular formula is C23H27N3O6S. The minimum Gasteiger partial charge on any atom is -0.491 e. The van der Waals surface area contributed by atoms with Crippen LogP contribution in [0.2, 0.25) is 0 Å². The second-order valence-electron chi connectivity index (χ2n) is 8.20. The van der Waals surface area contributed by atoms with Crippen LogP contribution in [0.4, 0.5) is 11.4 Å². The lowest BCUT2D eigenvalue weighted by atomic mass is 10.2. The van der Waals surface area contributed by atoms with Crippen molar-refractivity contribution < 1.29 is 27.5 Å². The van der Waals surface area contributed by atoms with Crippen LogP contribution in [0.1, 0.15) is 20.3 Å². The number of amides is 2. The molecule has 0 aromatic heterocycles. The quantitative estimate of drug-likeness (QED) is 0.714. The second-order valence-corrected chi connectivity index (χ2v) is 10.1. The Labute approximate surface area is 193 Å². The molecule has 2 aromatic rings. The van der Waals surface area contributed by atoms with Gasteiger partial charge in [-0.05, 0) is 50.2 Å². The van der Waals surface area contributed by atoms with Crippen molar-refractivity contribution in [1.82, 2.24) is 4.31 Å². The van der Waals surface area contributed by atoms with Gasteiger partial charge in [0.25, 0.3) is 0 Å². The SMILES string of the molecule is C[C@H]1CN(S(=O)(=O)c2ccc(NC(=O)CN3C(=O)CCOc4ccccc43)cc2)C[C@H](C)O1. The molecule has 2 heterocycles. The topological polar surface area (TPSA) is 105 Å². The summed E-state index contributed by atoms with van der Waals surface area (Å²) in [6.07, 6.45) is -0.188. The Hall–Kier alpha value is -2.95. The fourth-order valence-corrected chi connectivity index (χ4v) is 5.61. The van der Waals surface area contributed by atoms with Crippen LogP contribution in [0.5, 0.6) is 5.75 Å². The Morgan fingerprint density at radius 3 is 2.42 bits per heavy atom. The smallest absolute Gasteiger partial charge is 0.244 e. The number of ether oxygens (including phenoxy) is 2. The van der Waals surface area contributed by atoms with Gasteiger partial charge in [0.15, 0.2) is 0 Å². The number of carbonyl (C=O) groups excluding carboxylic acids is 2. The van der Waals surface area contributed by atoms with Gasteiger partial charge < -0.3 is 14.8 Å². The molecule has 2 atom stereocenters. The zero-order chi connectivity index (χ0) is 23.6. The summed E-state index contributed by atoms with van der Waals surface area (Å²) in [5.41, 5.74) is 0.986. The maximum Gasteiger partial charge on any atom is 0.244 e. The van der Waals surface area contributed by atoms with E-state index in [1.54, 1.807) is 36.4 Å². The third kappa shape index (κ3) is 5.18. The molecule has 0 bridgehead atoms. The fraction of sp³-hybridized carbons (Fsp3) is 0.391. The molecule has 2 aromatic carbocycles. The van der Waals surface area contributed by atoms with Crippen molar-refractivity contribution in [2.24, 2.45) is 0 Å². The molecule has 9 nitrogen and oxygen atoms in total. The van der Waals surface area contributed by atoms with E-state index in [4.69, 9.17) is 9.47 Å². The van der Waals surface area contributed by atoms with E-state index in [-0.39, 0.29) is 42.6 Å². The molecule has 0 saturated carbocycles. The van der Waals surface area contributed by atoms with E-state index in [1.807, 2.05) is 13.8 Å². The predicted octanol–water partition coefficient (Wildman–Crippen LogP) is 2.24. The van der Waals surface area contributed by atoms with Gasteiger partial charge in [-0.2, -0.15) is 4.31 Å². The number of para-hydroxylation sites is 2. The molecule has 1 fully saturated rings. The van der Waals surface area contributed by atoms with Crippen LogP contribution in [-0.2, 0) is 24.3 Å². The molecule has 1 N–H and O–H groups in total. The molecule has 2 aliphatic rings. The third-order valence-corrected chi connectivity index (χ3v) is 7.34. The summed E-state index contributed by atoms with van der Waals surface area (Å²) in [5.74, 6) is -0.0468. The van der Waals surface area contributed by atoms with Crippen LogP contribution in [0, 0.1) is 0 Å². The summed E-state index contributed by atoms with van der Waals surface area (Å²) >= 11 is 0. The summed E-state index contributed by atoms with van der Waals surface area (Å²) in [4.78, 5) is 26.7. The highest BCUT2D eigenvalue weighted by molar-refractivity contribution is 7.89. The van der Waals surface area contributed by atoms with Crippen molar-refractivity contribution >= 4 is 33.2 Å². The van der Waals surface area contributed by atoms with Crippen LogP contribution in [-0.4, -0.2) is 63.0 Å². The van der Waals surface area contributed by atoms with Crippen LogP contribution in [0.3, 0.4) is 0 Å². The van der Waals surface area contributed by atoms with E-state index in [0.29, 0.717) is 30.2 Å². The third-order valence-electron chi connectivity index (χ3n) is 5.49. The Kier molecular flexibility index (Phi) is 6.68. The second kappa shape index (κ2) is 9.50. The summed E-state index contributed by atoms with van der Waals surface area (Å²) in [6, 6.07) is 13.1. The average molecular weight is 474 g/mol. The molecule has 0 aliphatic carbocycles. The highest BCUT2D eigenvalue weighted by Crippen LogP contribution is 2.31. The molecule has 4 rings (SSSR count). The van der Waals surface area contributed by atoms with Gasteiger partial charge >= 0.3 is 0 Å². The Morgan fingerprint density at radius 2 is 1.73 bits per heavy atom. The first-order chi connectivity index (χ1) is 15.7. The van der Waals surface area contributed by atoms with Crippen LogP contribution in [0.25, 0.3) is 0 Å². The summed E-state index contributed by atoms with van der Waals surface area (Å²) in [5, 5.41) is 2.73. The normalized spacial score (nSPS) is 21.6. The van der Waals surface area contributed by atoms with Gasteiger partial charge in [0.1, 0.15) is 12.3 Å². The molecule has 1 saturated heterocycles. The Morgan fingerprint density at radius 1 is 1.06 bits per heavy atom. The number of sulfonamides is 1. The monoisotopic (exact) mass is 473 g/mol. The number of hydrogen-bond donors (Lipinski definition) is 1. The van der Waals surface area contributed by atoms with E-state index >= 15 is 0 Å². The highest BCUT2D eigenvalue weighted by Gasteiger charge is 2.32. The number of fused-ring (bicyclic) bond motifs is 1.